The molecule has 0 atom stereocenters. The second-order valence-electron chi connectivity index (χ2n) is 3.54. The number of thiazole rings is 1. The van der Waals surface area contributed by atoms with Gasteiger partial charge < -0.3 is 5.32 Å². The van der Waals surface area contributed by atoms with Crippen molar-refractivity contribution in [2.24, 2.45) is 0 Å². The van der Waals surface area contributed by atoms with Crippen molar-refractivity contribution >= 4 is 40.4 Å². The fraction of sp³-hybridized carbons (Fsp3) is 0.182. The largest absolute Gasteiger partial charge is 0.346 e. The maximum absolute atomic E-state index is 11.8. The fourth-order valence-corrected chi connectivity index (χ4v) is 2.19. The van der Waals surface area contributed by atoms with Gasteiger partial charge in [-0.05, 0) is 13.0 Å². The van der Waals surface area contributed by atoms with Gasteiger partial charge in [0.05, 0.1) is 27.8 Å². The number of pyridine rings is 1. The first-order valence-electron chi connectivity index (χ1n) is 5.06. The molecule has 2 aromatic rings. The molecule has 0 aromatic carbocycles. The van der Waals surface area contributed by atoms with Crippen molar-refractivity contribution in [2.45, 2.75) is 13.5 Å². The average Bonchev–Trinajstić information content (AvgIpc) is 2.75. The Labute approximate surface area is 118 Å². The van der Waals surface area contributed by atoms with Crippen LogP contribution in [0.3, 0.4) is 0 Å². The summed E-state index contributed by atoms with van der Waals surface area (Å²) in [5.41, 5.74) is 1.20. The second-order valence-corrected chi connectivity index (χ2v) is 5.36. The SMILES string of the molecule is Cc1nc(CNC(=O)c2cnc(Cl)c(Cl)c2)cs1. The maximum atomic E-state index is 11.8. The van der Waals surface area contributed by atoms with Crippen LogP contribution in [0.15, 0.2) is 17.6 Å². The number of rotatable bonds is 3. The number of hydrogen-bond acceptors (Lipinski definition) is 4. The van der Waals surface area contributed by atoms with Crippen LogP contribution in [0.2, 0.25) is 10.2 Å². The summed E-state index contributed by atoms with van der Waals surface area (Å²) in [5.74, 6) is -0.258. The van der Waals surface area contributed by atoms with Gasteiger partial charge in [-0.2, -0.15) is 0 Å². The molecule has 7 heteroatoms. The van der Waals surface area contributed by atoms with E-state index in [4.69, 9.17) is 23.2 Å². The van der Waals surface area contributed by atoms with Gasteiger partial charge in [-0.15, -0.1) is 11.3 Å². The van der Waals surface area contributed by atoms with Gasteiger partial charge >= 0.3 is 0 Å². The third-order valence-corrected chi connectivity index (χ3v) is 3.66. The second kappa shape index (κ2) is 5.65. The van der Waals surface area contributed by atoms with Crippen molar-refractivity contribution in [3.05, 3.63) is 44.1 Å². The number of aryl methyl sites for hydroxylation is 1. The highest BCUT2D eigenvalue weighted by Crippen LogP contribution is 2.19. The Morgan fingerprint density at radius 2 is 2.28 bits per heavy atom. The minimum Gasteiger partial charge on any atom is -0.346 e. The highest BCUT2D eigenvalue weighted by atomic mass is 35.5. The van der Waals surface area contributed by atoms with Gasteiger partial charge in [0.1, 0.15) is 5.15 Å². The number of carbonyl (C=O) groups is 1. The molecule has 4 nitrogen and oxygen atoms in total. The standard InChI is InChI=1S/C11H9Cl2N3OS/c1-6-16-8(5-18-6)4-15-11(17)7-2-9(12)10(13)14-3-7/h2-3,5H,4H2,1H3,(H,15,17). The molecule has 0 spiro atoms. The number of aromatic nitrogens is 2. The van der Waals surface area contributed by atoms with Gasteiger partial charge in [-0.1, -0.05) is 23.2 Å². The Balaban J connectivity index is 2.01. The maximum Gasteiger partial charge on any atom is 0.253 e. The molecule has 0 saturated carbocycles. The van der Waals surface area contributed by atoms with E-state index in [1.807, 2.05) is 12.3 Å². The van der Waals surface area contributed by atoms with Crippen molar-refractivity contribution in [1.29, 1.82) is 0 Å². The van der Waals surface area contributed by atoms with E-state index in [1.54, 1.807) is 11.3 Å². The smallest absolute Gasteiger partial charge is 0.253 e. The normalized spacial score (nSPS) is 10.4. The topological polar surface area (TPSA) is 54.9 Å². The molecule has 2 rings (SSSR count). The van der Waals surface area contributed by atoms with E-state index in [-0.39, 0.29) is 16.1 Å². The van der Waals surface area contributed by atoms with Crippen molar-refractivity contribution in [2.75, 3.05) is 0 Å². The van der Waals surface area contributed by atoms with Gasteiger partial charge in [-0.3, -0.25) is 4.79 Å². The molecule has 0 unspecified atom stereocenters. The van der Waals surface area contributed by atoms with Crippen molar-refractivity contribution < 1.29 is 4.79 Å². The van der Waals surface area contributed by atoms with E-state index in [9.17, 15) is 4.79 Å². The van der Waals surface area contributed by atoms with E-state index in [2.05, 4.69) is 15.3 Å². The molecular weight excluding hydrogens is 293 g/mol. The van der Waals surface area contributed by atoms with Crippen molar-refractivity contribution in [3.63, 3.8) is 0 Å². The Kier molecular flexibility index (Phi) is 4.16. The Bertz CT molecular complexity index is 585. The Hall–Kier alpha value is -1.17. The third kappa shape index (κ3) is 3.19. The highest BCUT2D eigenvalue weighted by molar-refractivity contribution is 7.09. The molecule has 0 aliphatic rings. The van der Waals surface area contributed by atoms with Gasteiger partial charge in [0.15, 0.2) is 0 Å². The molecule has 18 heavy (non-hydrogen) atoms. The zero-order chi connectivity index (χ0) is 13.1. The monoisotopic (exact) mass is 301 g/mol. The lowest BCUT2D eigenvalue weighted by Crippen LogP contribution is -2.23. The molecule has 0 radical (unpaired) electrons. The molecule has 1 N–H and O–H groups in total. The van der Waals surface area contributed by atoms with E-state index >= 15 is 0 Å². The lowest BCUT2D eigenvalue weighted by atomic mass is 10.2. The van der Waals surface area contributed by atoms with Gasteiger partial charge in [0.2, 0.25) is 0 Å². The summed E-state index contributed by atoms with van der Waals surface area (Å²) in [7, 11) is 0. The number of nitrogens with one attached hydrogen (secondary N) is 1. The van der Waals surface area contributed by atoms with Crippen LogP contribution < -0.4 is 5.32 Å². The zero-order valence-corrected chi connectivity index (χ0v) is 11.7. The Morgan fingerprint density at radius 1 is 1.50 bits per heavy atom. The first kappa shape index (κ1) is 13.3. The molecule has 0 aliphatic carbocycles. The van der Waals surface area contributed by atoms with Crippen molar-refractivity contribution in [1.82, 2.24) is 15.3 Å². The minimum absolute atomic E-state index is 0.184. The number of nitrogens with zero attached hydrogens (tertiary/aromatic N) is 2. The van der Waals surface area contributed by atoms with Crippen LogP contribution in [0.1, 0.15) is 21.1 Å². The molecule has 2 aromatic heterocycles. The molecule has 2 heterocycles. The van der Waals surface area contributed by atoms with E-state index in [0.29, 0.717) is 12.1 Å². The number of amides is 1. The molecular formula is C11H9Cl2N3OS. The Morgan fingerprint density at radius 3 is 2.89 bits per heavy atom. The average molecular weight is 302 g/mol. The summed E-state index contributed by atoms with van der Waals surface area (Å²) in [4.78, 5) is 19.9. The molecule has 0 fully saturated rings. The summed E-state index contributed by atoms with van der Waals surface area (Å²) in [6.45, 7) is 2.29. The van der Waals surface area contributed by atoms with Crippen LogP contribution in [-0.2, 0) is 6.54 Å². The summed E-state index contributed by atoms with van der Waals surface area (Å²) in [6.07, 6.45) is 1.38. The summed E-state index contributed by atoms with van der Waals surface area (Å²) >= 11 is 13.0. The predicted molar refractivity (Wildman–Crippen MR) is 72.3 cm³/mol. The third-order valence-electron chi connectivity index (χ3n) is 2.16. The summed E-state index contributed by atoms with van der Waals surface area (Å²) < 4.78 is 0. The van der Waals surface area contributed by atoms with E-state index < -0.39 is 0 Å². The summed E-state index contributed by atoms with van der Waals surface area (Å²) in [6, 6.07) is 1.48. The highest BCUT2D eigenvalue weighted by Gasteiger charge is 2.09. The summed E-state index contributed by atoms with van der Waals surface area (Å²) in [5, 5.41) is 6.05. The lowest BCUT2D eigenvalue weighted by Gasteiger charge is -2.03. The fourth-order valence-electron chi connectivity index (χ4n) is 1.31. The minimum atomic E-state index is -0.258. The molecule has 0 bridgehead atoms. The number of halogens is 2. The van der Waals surface area contributed by atoms with Crippen LogP contribution in [-0.4, -0.2) is 15.9 Å². The first-order chi connectivity index (χ1) is 8.56. The van der Waals surface area contributed by atoms with Crippen LogP contribution in [0.25, 0.3) is 0 Å². The molecule has 0 aliphatic heterocycles. The van der Waals surface area contributed by atoms with Gasteiger partial charge in [-0.25, -0.2) is 9.97 Å². The van der Waals surface area contributed by atoms with Gasteiger partial charge in [0.25, 0.3) is 5.91 Å². The van der Waals surface area contributed by atoms with E-state index in [0.717, 1.165) is 10.7 Å². The quantitative estimate of drug-likeness (QED) is 0.886. The van der Waals surface area contributed by atoms with Gasteiger partial charge in [0, 0.05) is 11.6 Å². The van der Waals surface area contributed by atoms with Crippen LogP contribution in [0.5, 0.6) is 0 Å². The predicted octanol–water partition coefficient (Wildman–Crippen LogP) is 3.08. The molecule has 0 saturated heterocycles. The van der Waals surface area contributed by atoms with Crippen LogP contribution in [0.4, 0.5) is 0 Å². The van der Waals surface area contributed by atoms with Crippen LogP contribution >= 0.6 is 34.5 Å². The van der Waals surface area contributed by atoms with E-state index in [1.165, 1.54) is 12.3 Å². The first-order valence-corrected chi connectivity index (χ1v) is 6.70. The van der Waals surface area contributed by atoms with Crippen molar-refractivity contribution in [3.8, 4) is 0 Å². The zero-order valence-electron chi connectivity index (χ0n) is 9.41. The molecule has 1 amide bonds. The number of hydrogen-bond donors (Lipinski definition) is 1. The molecule has 94 valence electrons. The lowest BCUT2D eigenvalue weighted by molar-refractivity contribution is 0.0950. The van der Waals surface area contributed by atoms with Crippen LogP contribution in [0, 0.1) is 6.92 Å². The number of carbonyl (C=O) groups excluding carboxylic acids is 1.